The second kappa shape index (κ2) is 2.30. The topological polar surface area (TPSA) is 39.9 Å². The summed E-state index contributed by atoms with van der Waals surface area (Å²) in [6, 6.07) is 0. The molecule has 0 aliphatic heterocycles. The molecule has 4 nitrogen and oxygen atoms in total. The number of nitrogens with zero attached hydrogens (tertiary/aromatic N) is 3. The summed E-state index contributed by atoms with van der Waals surface area (Å²) < 4.78 is 0. The lowest BCUT2D eigenvalue weighted by atomic mass is 10.9. The number of rotatable bonds is 2. The van der Waals surface area contributed by atoms with Crippen molar-refractivity contribution < 1.29 is 4.84 Å². The van der Waals surface area contributed by atoms with E-state index in [4.69, 9.17) is 4.84 Å². The van der Waals surface area contributed by atoms with Crippen LogP contribution in [0.5, 0.6) is 0 Å². The first-order valence-corrected chi connectivity index (χ1v) is 2.35. The standard InChI is InChI=1S/C4H6N3O/c1-2-8-7-4-3-5-6-7/h4H,2H2,1H3. The van der Waals surface area contributed by atoms with Crippen molar-refractivity contribution in [3.05, 3.63) is 12.4 Å². The van der Waals surface area contributed by atoms with Gasteiger partial charge in [-0.2, -0.15) is 0 Å². The van der Waals surface area contributed by atoms with Crippen molar-refractivity contribution in [2.45, 2.75) is 6.92 Å². The van der Waals surface area contributed by atoms with Crippen LogP contribution in [-0.4, -0.2) is 21.8 Å². The SMILES string of the molecule is CCOn1c[c]nn1. The van der Waals surface area contributed by atoms with Crippen molar-refractivity contribution in [1.82, 2.24) is 15.2 Å². The summed E-state index contributed by atoms with van der Waals surface area (Å²) in [7, 11) is 0. The van der Waals surface area contributed by atoms with Gasteiger partial charge in [0, 0.05) is 0 Å². The van der Waals surface area contributed by atoms with Crippen LogP contribution in [0.1, 0.15) is 6.92 Å². The van der Waals surface area contributed by atoms with Crippen molar-refractivity contribution in [2.24, 2.45) is 0 Å². The first kappa shape index (κ1) is 5.08. The van der Waals surface area contributed by atoms with E-state index in [0.29, 0.717) is 6.61 Å². The summed E-state index contributed by atoms with van der Waals surface area (Å²) in [6.45, 7) is 2.47. The Balaban J connectivity index is 2.50. The maximum atomic E-state index is 4.86. The monoisotopic (exact) mass is 112 g/mol. The van der Waals surface area contributed by atoms with E-state index >= 15 is 0 Å². The normalized spacial score (nSPS) is 9.12. The predicted molar refractivity (Wildman–Crippen MR) is 26.0 cm³/mol. The van der Waals surface area contributed by atoms with Gasteiger partial charge in [-0.3, -0.25) is 0 Å². The van der Waals surface area contributed by atoms with Crippen LogP contribution < -0.4 is 4.84 Å². The average Bonchev–Trinajstić information content (AvgIpc) is 2.19. The molecule has 0 amide bonds. The van der Waals surface area contributed by atoms with Crippen molar-refractivity contribution in [3.8, 4) is 0 Å². The molecule has 0 unspecified atom stereocenters. The van der Waals surface area contributed by atoms with Gasteiger partial charge in [0.05, 0.1) is 6.20 Å². The molecule has 1 rings (SSSR count). The van der Waals surface area contributed by atoms with E-state index < -0.39 is 0 Å². The van der Waals surface area contributed by atoms with Crippen LogP contribution in [0.15, 0.2) is 6.20 Å². The molecule has 0 bridgehead atoms. The summed E-state index contributed by atoms with van der Waals surface area (Å²) in [6.07, 6.45) is 4.01. The largest absolute Gasteiger partial charge is 0.396 e. The smallest absolute Gasteiger partial charge is 0.138 e. The molecule has 0 aromatic carbocycles. The second-order valence-electron chi connectivity index (χ2n) is 1.17. The first-order valence-electron chi connectivity index (χ1n) is 2.35. The van der Waals surface area contributed by atoms with E-state index in [-0.39, 0.29) is 0 Å². The summed E-state index contributed by atoms with van der Waals surface area (Å²) in [5.74, 6) is 0. The van der Waals surface area contributed by atoms with Gasteiger partial charge < -0.3 is 4.84 Å². The summed E-state index contributed by atoms with van der Waals surface area (Å²) in [5, 5.41) is 6.90. The fourth-order valence-electron chi connectivity index (χ4n) is 0.366. The zero-order valence-corrected chi connectivity index (χ0v) is 4.53. The first-order chi connectivity index (χ1) is 3.93. The second-order valence-corrected chi connectivity index (χ2v) is 1.17. The van der Waals surface area contributed by atoms with Crippen LogP contribution in [0, 0.1) is 6.20 Å². The summed E-state index contributed by atoms with van der Waals surface area (Å²) in [5.41, 5.74) is 0. The van der Waals surface area contributed by atoms with Gasteiger partial charge in [-0.1, -0.05) is 4.85 Å². The van der Waals surface area contributed by atoms with Gasteiger partial charge in [-0.15, -0.1) is 5.10 Å². The molecule has 0 aliphatic rings. The highest BCUT2D eigenvalue weighted by atomic mass is 16.7. The third kappa shape index (κ3) is 0.959. The molecule has 0 saturated carbocycles. The van der Waals surface area contributed by atoms with Crippen molar-refractivity contribution in [1.29, 1.82) is 0 Å². The van der Waals surface area contributed by atoms with Crippen molar-refractivity contribution >= 4 is 0 Å². The highest BCUT2D eigenvalue weighted by molar-refractivity contribution is 4.55. The average molecular weight is 112 g/mol. The lowest BCUT2D eigenvalue weighted by Gasteiger charge is -1.95. The predicted octanol–water partition coefficient (Wildman–Crippen LogP) is -0.473. The van der Waals surface area contributed by atoms with Gasteiger partial charge in [0.1, 0.15) is 12.8 Å². The Morgan fingerprint density at radius 1 is 1.88 bits per heavy atom. The minimum atomic E-state index is 0.594. The maximum absolute atomic E-state index is 4.86. The van der Waals surface area contributed by atoms with Gasteiger partial charge in [0.25, 0.3) is 0 Å². The minimum Gasteiger partial charge on any atom is -0.396 e. The van der Waals surface area contributed by atoms with Crippen LogP contribution in [0.2, 0.25) is 0 Å². The Kier molecular flexibility index (Phi) is 1.46. The third-order valence-corrected chi connectivity index (χ3v) is 0.620. The van der Waals surface area contributed by atoms with E-state index in [1.165, 1.54) is 11.0 Å². The molecule has 1 radical (unpaired) electrons. The summed E-state index contributed by atoms with van der Waals surface area (Å²) in [4.78, 5) is 6.12. The molecular formula is C4H6N3O. The van der Waals surface area contributed by atoms with Crippen LogP contribution in [-0.2, 0) is 0 Å². The molecule has 0 saturated heterocycles. The maximum Gasteiger partial charge on any atom is 0.138 e. The molecule has 0 atom stereocenters. The highest BCUT2D eigenvalue weighted by Crippen LogP contribution is 1.70. The van der Waals surface area contributed by atoms with Gasteiger partial charge in [-0.25, -0.2) is 0 Å². The molecule has 1 aromatic heterocycles. The minimum absolute atomic E-state index is 0.594. The van der Waals surface area contributed by atoms with Gasteiger partial charge in [0.2, 0.25) is 0 Å². The Morgan fingerprint density at radius 2 is 2.75 bits per heavy atom. The van der Waals surface area contributed by atoms with E-state index in [1.807, 2.05) is 6.92 Å². The van der Waals surface area contributed by atoms with Crippen LogP contribution >= 0.6 is 0 Å². The molecule has 1 aromatic rings. The molecule has 4 heteroatoms. The fourth-order valence-corrected chi connectivity index (χ4v) is 0.366. The van der Waals surface area contributed by atoms with Gasteiger partial charge >= 0.3 is 0 Å². The number of hydrogen-bond donors (Lipinski definition) is 0. The van der Waals surface area contributed by atoms with E-state index in [2.05, 4.69) is 16.5 Å². The molecule has 0 spiro atoms. The van der Waals surface area contributed by atoms with E-state index in [0.717, 1.165) is 0 Å². The molecule has 8 heavy (non-hydrogen) atoms. The Bertz CT molecular complexity index is 137. The quantitative estimate of drug-likeness (QED) is 0.519. The molecule has 0 aliphatic carbocycles. The van der Waals surface area contributed by atoms with E-state index in [1.54, 1.807) is 0 Å². The van der Waals surface area contributed by atoms with Crippen LogP contribution in [0.4, 0.5) is 0 Å². The van der Waals surface area contributed by atoms with Gasteiger partial charge in [-0.05, 0) is 12.1 Å². The fraction of sp³-hybridized carbons (Fsp3) is 0.500. The number of aromatic nitrogens is 3. The Labute approximate surface area is 47.0 Å². The van der Waals surface area contributed by atoms with Crippen molar-refractivity contribution in [3.63, 3.8) is 0 Å². The van der Waals surface area contributed by atoms with E-state index in [9.17, 15) is 0 Å². The molecule has 0 N–H and O–H groups in total. The van der Waals surface area contributed by atoms with Crippen LogP contribution in [0.3, 0.4) is 0 Å². The molecule has 0 fully saturated rings. The summed E-state index contributed by atoms with van der Waals surface area (Å²) >= 11 is 0. The van der Waals surface area contributed by atoms with Crippen LogP contribution in [0.25, 0.3) is 0 Å². The molecular weight excluding hydrogens is 106 g/mol. The molecule has 1 heterocycles. The Hall–Kier alpha value is -1.06. The lowest BCUT2D eigenvalue weighted by molar-refractivity contribution is 0.0884. The molecule has 43 valence electrons. The van der Waals surface area contributed by atoms with Crippen molar-refractivity contribution in [2.75, 3.05) is 6.61 Å². The Morgan fingerprint density at radius 3 is 3.25 bits per heavy atom. The zero-order chi connectivity index (χ0) is 5.82. The lowest BCUT2D eigenvalue weighted by Crippen LogP contribution is -2.10. The third-order valence-electron chi connectivity index (χ3n) is 0.620. The zero-order valence-electron chi connectivity index (χ0n) is 4.53. The highest BCUT2D eigenvalue weighted by Gasteiger charge is 1.83. The number of hydrogen-bond acceptors (Lipinski definition) is 3. The van der Waals surface area contributed by atoms with Gasteiger partial charge in [0.15, 0.2) is 0 Å².